The Kier molecular flexibility index (Phi) is 3.00. The summed E-state index contributed by atoms with van der Waals surface area (Å²) in [5, 5.41) is 15.3. The molecule has 6 heteroatoms. The summed E-state index contributed by atoms with van der Waals surface area (Å²) in [6, 6.07) is 5.74. The van der Waals surface area contributed by atoms with Gasteiger partial charge in [0.05, 0.1) is 4.88 Å². The number of thiophene rings is 1. The average molecular weight is 273 g/mol. The highest BCUT2D eigenvalue weighted by Crippen LogP contribution is 2.29. The maximum absolute atomic E-state index is 10.8. The van der Waals surface area contributed by atoms with Gasteiger partial charge in [-0.3, -0.25) is 4.79 Å². The standard InChI is InChI=1S/C13H11N3O2S/c17-11(18)5-4-9-12(10-3-1-8-19-10)15-16-7-2-6-14-13(9)16/h1-3,6-8H,4-5H2,(H,17,18). The van der Waals surface area contributed by atoms with E-state index in [4.69, 9.17) is 5.11 Å². The molecule has 0 radical (unpaired) electrons. The molecule has 0 aliphatic rings. The van der Waals surface area contributed by atoms with Crippen LogP contribution >= 0.6 is 11.3 Å². The van der Waals surface area contributed by atoms with Crippen molar-refractivity contribution < 1.29 is 9.90 Å². The second kappa shape index (κ2) is 4.81. The third kappa shape index (κ3) is 2.22. The van der Waals surface area contributed by atoms with Crippen molar-refractivity contribution in [3.05, 3.63) is 41.5 Å². The van der Waals surface area contributed by atoms with Gasteiger partial charge in [0.25, 0.3) is 0 Å². The zero-order valence-electron chi connectivity index (χ0n) is 9.98. The van der Waals surface area contributed by atoms with Crippen molar-refractivity contribution in [2.75, 3.05) is 0 Å². The number of carboxylic acid groups (broad SMARTS) is 1. The van der Waals surface area contributed by atoms with Crippen molar-refractivity contribution in [1.82, 2.24) is 14.6 Å². The molecule has 5 nitrogen and oxygen atoms in total. The van der Waals surface area contributed by atoms with Gasteiger partial charge in [-0.25, -0.2) is 9.50 Å². The van der Waals surface area contributed by atoms with Gasteiger partial charge in [0.1, 0.15) is 5.69 Å². The molecule has 0 aliphatic carbocycles. The number of hydrogen-bond acceptors (Lipinski definition) is 4. The summed E-state index contributed by atoms with van der Waals surface area (Å²) in [4.78, 5) is 16.1. The number of carboxylic acids is 1. The molecule has 0 amide bonds. The molecule has 3 aromatic heterocycles. The Morgan fingerprint density at radius 2 is 2.32 bits per heavy atom. The van der Waals surface area contributed by atoms with Crippen LogP contribution in [0.25, 0.3) is 16.2 Å². The topological polar surface area (TPSA) is 67.5 Å². The SMILES string of the molecule is O=C(O)CCc1c(-c2cccs2)nn2cccnc12. The second-order valence-corrected chi connectivity index (χ2v) is 5.03. The van der Waals surface area contributed by atoms with Crippen molar-refractivity contribution in [3.63, 3.8) is 0 Å². The highest BCUT2D eigenvalue weighted by Gasteiger charge is 2.16. The van der Waals surface area contributed by atoms with Crippen LogP contribution in [0.5, 0.6) is 0 Å². The summed E-state index contributed by atoms with van der Waals surface area (Å²) >= 11 is 1.59. The molecule has 3 aromatic rings. The van der Waals surface area contributed by atoms with Gasteiger partial charge in [0.2, 0.25) is 0 Å². The third-order valence-corrected chi connectivity index (χ3v) is 3.71. The molecule has 3 rings (SSSR count). The summed E-state index contributed by atoms with van der Waals surface area (Å²) in [5.41, 5.74) is 2.45. The minimum Gasteiger partial charge on any atom is -0.481 e. The average Bonchev–Trinajstić information content (AvgIpc) is 3.03. The number of carbonyl (C=O) groups is 1. The monoisotopic (exact) mass is 273 g/mol. The largest absolute Gasteiger partial charge is 0.481 e. The van der Waals surface area contributed by atoms with E-state index in [2.05, 4.69) is 10.1 Å². The maximum Gasteiger partial charge on any atom is 0.303 e. The van der Waals surface area contributed by atoms with Gasteiger partial charge in [-0.1, -0.05) is 6.07 Å². The lowest BCUT2D eigenvalue weighted by atomic mass is 10.1. The molecular formula is C13H11N3O2S. The number of nitrogens with zero attached hydrogens (tertiary/aromatic N) is 3. The molecule has 0 aromatic carbocycles. The van der Waals surface area contributed by atoms with Gasteiger partial charge in [-0.15, -0.1) is 11.3 Å². The molecule has 3 heterocycles. The second-order valence-electron chi connectivity index (χ2n) is 4.09. The van der Waals surface area contributed by atoms with Crippen LogP contribution in [0, 0.1) is 0 Å². The molecular weight excluding hydrogens is 262 g/mol. The van der Waals surface area contributed by atoms with Crippen LogP contribution in [0.2, 0.25) is 0 Å². The number of hydrogen-bond donors (Lipinski definition) is 1. The number of fused-ring (bicyclic) bond motifs is 1. The van der Waals surface area contributed by atoms with Crippen molar-refractivity contribution in [1.29, 1.82) is 0 Å². The normalized spacial score (nSPS) is 10.9. The Labute approximate surface area is 113 Å². The van der Waals surface area contributed by atoms with Crippen molar-refractivity contribution in [2.45, 2.75) is 12.8 Å². The van der Waals surface area contributed by atoms with Gasteiger partial charge in [0, 0.05) is 24.4 Å². The van der Waals surface area contributed by atoms with Gasteiger partial charge in [0.15, 0.2) is 5.65 Å². The highest BCUT2D eigenvalue weighted by molar-refractivity contribution is 7.13. The van der Waals surface area contributed by atoms with Crippen molar-refractivity contribution >= 4 is 23.0 Å². The predicted octanol–water partition coefficient (Wildman–Crippen LogP) is 2.48. The smallest absolute Gasteiger partial charge is 0.303 e. The van der Waals surface area contributed by atoms with Gasteiger partial charge < -0.3 is 5.11 Å². The first-order valence-electron chi connectivity index (χ1n) is 5.83. The molecule has 0 saturated carbocycles. The molecule has 96 valence electrons. The van der Waals surface area contributed by atoms with Gasteiger partial charge in [-0.2, -0.15) is 5.10 Å². The molecule has 0 atom stereocenters. The first kappa shape index (κ1) is 11.9. The summed E-state index contributed by atoms with van der Waals surface area (Å²) in [7, 11) is 0. The number of aliphatic carboxylic acids is 1. The summed E-state index contributed by atoms with van der Waals surface area (Å²) in [6.07, 6.45) is 4.03. The Balaban J connectivity index is 2.14. The van der Waals surface area contributed by atoms with Crippen molar-refractivity contribution in [3.8, 4) is 10.6 Å². The van der Waals surface area contributed by atoms with E-state index in [9.17, 15) is 4.79 Å². The van der Waals surface area contributed by atoms with E-state index >= 15 is 0 Å². The van der Waals surface area contributed by atoms with E-state index in [-0.39, 0.29) is 6.42 Å². The summed E-state index contributed by atoms with van der Waals surface area (Å²) in [5.74, 6) is -0.813. The quantitative estimate of drug-likeness (QED) is 0.793. The lowest BCUT2D eigenvalue weighted by molar-refractivity contribution is -0.136. The summed E-state index contributed by atoms with van der Waals surface area (Å²) in [6.45, 7) is 0. The lowest BCUT2D eigenvalue weighted by Crippen LogP contribution is -1.98. The van der Waals surface area contributed by atoms with E-state index in [0.717, 1.165) is 21.8 Å². The lowest BCUT2D eigenvalue weighted by Gasteiger charge is -1.98. The molecule has 0 spiro atoms. The molecule has 0 bridgehead atoms. The van der Waals surface area contributed by atoms with Crippen LogP contribution in [-0.4, -0.2) is 25.7 Å². The van der Waals surface area contributed by atoms with E-state index in [1.165, 1.54) is 0 Å². The highest BCUT2D eigenvalue weighted by atomic mass is 32.1. The van der Waals surface area contributed by atoms with E-state index in [1.54, 1.807) is 28.1 Å². The van der Waals surface area contributed by atoms with Crippen LogP contribution in [0.3, 0.4) is 0 Å². The number of aryl methyl sites for hydroxylation is 1. The zero-order chi connectivity index (χ0) is 13.2. The summed E-state index contributed by atoms with van der Waals surface area (Å²) < 4.78 is 1.70. The fraction of sp³-hybridized carbons (Fsp3) is 0.154. The fourth-order valence-electron chi connectivity index (χ4n) is 2.01. The van der Waals surface area contributed by atoms with Crippen LogP contribution in [0.1, 0.15) is 12.0 Å². The number of rotatable bonds is 4. The molecule has 0 saturated heterocycles. The van der Waals surface area contributed by atoms with E-state index in [1.807, 2.05) is 23.7 Å². The minimum atomic E-state index is -0.813. The Bertz CT molecular complexity index is 719. The number of aromatic nitrogens is 3. The molecule has 1 N–H and O–H groups in total. The van der Waals surface area contributed by atoms with Crippen LogP contribution < -0.4 is 0 Å². The fourth-order valence-corrected chi connectivity index (χ4v) is 2.74. The Morgan fingerprint density at radius 1 is 1.42 bits per heavy atom. The van der Waals surface area contributed by atoms with Gasteiger partial charge in [-0.05, 0) is 23.9 Å². The van der Waals surface area contributed by atoms with Crippen LogP contribution in [-0.2, 0) is 11.2 Å². The Hall–Kier alpha value is -2.21. The molecule has 0 aliphatic heterocycles. The van der Waals surface area contributed by atoms with Crippen LogP contribution in [0.4, 0.5) is 0 Å². The molecule has 0 fully saturated rings. The van der Waals surface area contributed by atoms with Gasteiger partial charge >= 0.3 is 5.97 Å². The van der Waals surface area contributed by atoms with Crippen molar-refractivity contribution in [2.24, 2.45) is 0 Å². The molecule has 19 heavy (non-hydrogen) atoms. The first-order valence-corrected chi connectivity index (χ1v) is 6.71. The van der Waals surface area contributed by atoms with E-state index < -0.39 is 5.97 Å². The minimum absolute atomic E-state index is 0.0797. The zero-order valence-corrected chi connectivity index (χ0v) is 10.8. The third-order valence-electron chi connectivity index (χ3n) is 2.83. The van der Waals surface area contributed by atoms with E-state index in [0.29, 0.717) is 6.42 Å². The maximum atomic E-state index is 10.8. The predicted molar refractivity (Wildman–Crippen MR) is 72.3 cm³/mol. The first-order chi connectivity index (χ1) is 9.25. The Morgan fingerprint density at radius 3 is 3.05 bits per heavy atom. The molecule has 0 unspecified atom stereocenters. The van der Waals surface area contributed by atoms with Crippen LogP contribution in [0.15, 0.2) is 36.0 Å².